The number of carbonyl (C=O) groups is 1. The van der Waals surface area contributed by atoms with E-state index >= 15 is 0 Å². The number of methoxy groups -OCH3 is 1. The number of hydrogen-bond donors (Lipinski definition) is 1. The standard InChI is InChI=1S/C20H18FN7O2S/c1-30-17-7-5-14(6-8-17)12-27-18(9-10-22-27)23-19(29)13-31-20-24-25-26-28(20)16-4-2-3-15(21)11-16/h2-11H,12-13H2,1H3,(H,23,29). The SMILES string of the molecule is COc1ccc(Cn2nccc2NC(=O)CSc2nnnn2-c2cccc(F)c2)cc1. The molecule has 0 atom stereocenters. The van der Waals surface area contributed by atoms with Crippen LogP contribution in [0.5, 0.6) is 5.75 Å². The van der Waals surface area contributed by atoms with Crippen LogP contribution in [0.15, 0.2) is 66.0 Å². The average Bonchev–Trinajstić information content (AvgIpc) is 3.42. The molecule has 0 aliphatic rings. The van der Waals surface area contributed by atoms with E-state index in [1.54, 1.807) is 36.2 Å². The van der Waals surface area contributed by atoms with E-state index in [2.05, 4.69) is 25.9 Å². The van der Waals surface area contributed by atoms with Crippen LogP contribution < -0.4 is 10.1 Å². The molecule has 1 N–H and O–H groups in total. The van der Waals surface area contributed by atoms with Gasteiger partial charge in [-0.25, -0.2) is 9.07 Å². The van der Waals surface area contributed by atoms with Crippen LogP contribution in [-0.4, -0.2) is 48.8 Å². The van der Waals surface area contributed by atoms with E-state index in [-0.39, 0.29) is 11.7 Å². The van der Waals surface area contributed by atoms with E-state index in [0.29, 0.717) is 23.2 Å². The number of carbonyl (C=O) groups excluding carboxylic acids is 1. The van der Waals surface area contributed by atoms with Crippen molar-refractivity contribution in [1.82, 2.24) is 30.0 Å². The van der Waals surface area contributed by atoms with Crippen LogP contribution in [-0.2, 0) is 11.3 Å². The Bertz CT molecular complexity index is 1180. The summed E-state index contributed by atoms with van der Waals surface area (Å²) in [5.74, 6) is 0.784. The molecule has 0 bridgehead atoms. The first-order valence-electron chi connectivity index (χ1n) is 9.24. The van der Waals surface area contributed by atoms with Gasteiger partial charge in [-0.1, -0.05) is 30.0 Å². The maximum atomic E-state index is 13.5. The number of ether oxygens (including phenoxy) is 1. The molecule has 11 heteroatoms. The number of anilines is 1. The third-order valence-electron chi connectivity index (χ3n) is 4.30. The van der Waals surface area contributed by atoms with Gasteiger partial charge in [0.1, 0.15) is 17.4 Å². The molecule has 0 saturated heterocycles. The molecule has 0 spiro atoms. The predicted molar refractivity (Wildman–Crippen MR) is 113 cm³/mol. The summed E-state index contributed by atoms with van der Waals surface area (Å²) >= 11 is 1.15. The van der Waals surface area contributed by atoms with Gasteiger partial charge in [-0.15, -0.1) is 5.10 Å². The summed E-state index contributed by atoms with van der Waals surface area (Å²) in [4.78, 5) is 12.5. The summed E-state index contributed by atoms with van der Waals surface area (Å²) in [5.41, 5.74) is 1.49. The number of hydrogen-bond acceptors (Lipinski definition) is 7. The third kappa shape index (κ3) is 5.07. The highest BCUT2D eigenvalue weighted by Gasteiger charge is 2.13. The first kappa shape index (κ1) is 20.5. The predicted octanol–water partition coefficient (Wildman–Crippen LogP) is 2.79. The molecule has 2 aromatic carbocycles. The van der Waals surface area contributed by atoms with Crippen molar-refractivity contribution >= 4 is 23.5 Å². The van der Waals surface area contributed by atoms with Crippen LogP contribution in [0.4, 0.5) is 10.2 Å². The molecule has 0 aliphatic heterocycles. The first-order chi connectivity index (χ1) is 15.1. The van der Waals surface area contributed by atoms with Crippen molar-refractivity contribution in [1.29, 1.82) is 0 Å². The Labute approximate surface area is 181 Å². The van der Waals surface area contributed by atoms with Gasteiger partial charge in [-0.3, -0.25) is 4.79 Å². The third-order valence-corrected chi connectivity index (χ3v) is 5.22. The summed E-state index contributed by atoms with van der Waals surface area (Å²) in [6, 6.07) is 15.2. The number of nitrogens with one attached hydrogen (secondary N) is 1. The Morgan fingerprint density at radius 2 is 2.03 bits per heavy atom. The van der Waals surface area contributed by atoms with Gasteiger partial charge in [0, 0.05) is 6.07 Å². The topological polar surface area (TPSA) is 99.8 Å². The van der Waals surface area contributed by atoms with Gasteiger partial charge in [-0.2, -0.15) is 9.78 Å². The Kier molecular flexibility index (Phi) is 6.22. The van der Waals surface area contributed by atoms with Crippen LogP contribution in [0.25, 0.3) is 5.69 Å². The molecule has 0 radical (unpaired) electrons. The van der Waals surface area contributed by atoms with E-state index in [1.165, 1.54) is 16.8 Å². The highest BCUT2D eigenvalue weighted by atomic mass is 32.2. The molecule has 31 heavy (non-hydrogen) atoms. The van der Waals surface area contributed by atoms with Gasteiger partial charge in [0.2, 0.25) is 11.1 Å². The molecule has 158 valence electrons. The Morgan fingerprint density at radius 1 is 1.19 bits per heavy atom. The van der Waals surface area contributed by atoms with Crippen molar-refractivity contribution in [2.24, 2.45) is 0 Å². The highest BCUT2D eigenvalue weighted by molar-refractivity contribution is 7.99. The number of rotatable bonds is 8. The van der Waals surface area contributed by atoms with Gasteiger partial charge in [0.05, 0.1) is 31.3 Å². The zero-order valence-electron chi connectivity index (χ0n) is 16.5. The van der Waals surface area contributed by atoms with E-state index in [9.17, 15) is 9.18 Å². The van der Waals surface area contributed by atoms with Crippen LogP contribution in [0.2, 0.25) is 0 Å². The molecule has 4 rings (SSSR count). The molecular weight excluding hydrogens is 421 g/mol. The maximum Gasteiger partial charge on any atom is 0.235 e. The van der Waals surface area contributed by atoms with Crippen LogP contribution in [0, 0.1) is 5.82 Å². The number of amides is 1. The fraction of sp³-hybridized carbons (Fsp3) is 0.150. The molecule has 4 aromatic rings. The summed E-state index contributed by atoms with van der Waals surface area (Å²) in [6.45, 7) is 0.498. The van der Waals surface area contributed by atoms with Crippen molar-refractivity contribution < 1.29 is 13.9 Å². The number of thioether (sulfide) groups is 1. The molecule has 0 saturated carbocycles. The molecule has 0 unspecified atom stereocenters. The molecule has 1 amide bonds. The van der Waals surface area contributed by atoms with Gasteiger partial charge < -0.3 is 10.1 Å². The Hall–Kier alpha value is -3.73. The molecular formula is C20H18FN7O2S. The lowest BCUT2D eigenvalue weighted by atomic mass is 10.2. The second kappa shape index (κ2) is 9.39. The van der Waals surface area contributed by atoms with E-state index in [4.69, 9.17) is 4.74 Å². The summed E-state index contributed by atoms with van der Waals surface area (Å²) in [6.07, 6.45) is 1.62. The van der Waals surface area contributed by atoms with Gasteiger partial charge >= 0.3 is 0 Å². The normalized spacial score (nSPS) is 10.8. The van der Waals surface area contributed by atoms with Crippen LogP contribution >= 0.6 is 11.8 Å². The number of tetrazole rings is 1. The second-order valence-electron chi connectivity index (χ2n) is 6.41. The first-order valence-corrected chi connectivity index (χ1v) is 10.2. The molecule has 2 heterocycles. The number of aromatic nitrogens is 6. The fourth-order valence-corrected chi connectivity index (χ4v) is 3.51. The smallest absolute Gasteiger partial charge is 0.235 e. The van der Waals surface area contributed by atoms with Gasteiger partial charge in [-0.05, 0) is 46.3 Å². The summed E-state index contributed by atoms with van der Waals surface area (Å²) < 4.78 is 21.7. The lowest BCUT2D eigenvalue weighted by Crippen LogP contribution is -2.18. The van der Waals surface area contributed by atoms with Crippen molar-refractivity contribution in [2.75, 3.05) is 18.2 Å². The van der Waals surface area contributed by atoms with E-state index in [1.807, 2.05) is 24.3 Å². The number of halogens is 1. The maximum absolute atomic E-state index is 13.5. The van der Waals surface area contributed by atoms with Crippen molar-refractivity contribution in [2.45, 2.75) is 11.7 Å². The van der Waals surface area contributed by atoms with E-state index < -0.39 is 5.82 Å². The zero-order chi connectivity index (χ0) is 21.6. The van der Waals surface area contributed by atoms with Gasteiger partial charge in [0.25, 0.3) is 0 Å². The molecule has 9 nitrogen and oxygen atoms in total. The van der Waals surface area contributed by atoms with Crippen molar-refractivity contribution in [3.8, 4) is 11.4 Å². The molecule has 0 aliphatic carbocycles. The van der Waals surface area contributed by atoms with Crippen LogP contribution in [0.3, 0.4) is 0 Å². The minimum absolute atomic E-state index is 0.0728. The fourth-order valence-electron chi connectivity index (χ4n) is 2.82. The summed E-state index contributed by atoms with van der Waals surface area (Å²) in [7, 11) is 1.62. The largest absolute Gasteiger partial charge is 0.497 e. The minimum atomic E-state index is -0.396. The molecule has 2 aromatic heterocycles. The van der Waals surface area contributed by atoms with Crippen molar-refractivity contribution in [3.63, 3.8) is 0 Å². The van der Waals surface area contributed by atoms with Gasteiger partial charge in [0.15, 0.2) is 0 Å². The zero-order valence-corrected chi connectivity index (χ0v) is 17.3. The number of benzene rings is 2. The lowest BCUT2D eigenvalue weighted by Gasteiger charge is -2.10. The lowest BCUT2D eigenvalue weighted by molar-refractivity contribution is -0.113. The van der Waals surface area contributed by atoms with E-state index in [0.717, 1.165) is 23.1 Å². The monoisotopic (exact) mass is 439 g/mol. The number of nitrogens with zero attached hydrogens (tertiary/aromatic N) is 6. The average molecular weight is 439 g/mol. The Morgan fingerprint density at radius 3 is 2.81 bits per heavy atom. The summed E-state index contributed by atoms with van der Waals surface area (Å²) in [5, 5.41) is 18.9. The second-order valence-corrected chi connectivity index (χ2v) is 7.35. The quantitative estimate of drug-likeness (QED) is 0.422. The minimum Gasteiger partial charge on any atom is -0.497 e. The molecule has 0 fully saturated rings. The van der Waals surface area contributed by atoms with Crippen molar-refractivity contribution in [3.05, 3.63) is 72.2 Å². The highest BCUT2D eigenvalue weighted by Crippen LogP contribution is 2.19. The van der Waals surface area contributed by atoms with Crippen LogP contribution in [0.1, 0.15) is 5.56 Å². The Balaban J connectivity index is 1.37.